The Morgan fingerprint density at radius 3 is 2.43 bits per heavy atom. The second-order valence-electron chi connectivity index (χ2n) is 5.42. The van der Waals surface area contributed by atoms with Crippen molar-refractivity contribution in [2.24, 2.45) is 0 Å². The van der Waals surface area contributed by atoms with E-state index in [1.807, 2.05) is 11.8 Å². The molecule has 112 valence electrons. The normalized spacial score (nSPS) is 13.9. The summed E-state index contributed by atoms with van der Waals surface area (Å²) in [7, 11) is 2.06. The van der Waals surface area contributed by atoms with Crippen LogP contribution in [0.2, 0.25) is 0 Å². The highest BCUT2D eigenvalue weighted by molar-refractivity contribution is 7.99. The zero-order valence-electron chi connectivity index (χ0n) is 13.2. The van der Waals surface area contributed by atoms with Crippen LogP contribution < -0.4 is 5.32 Å². The average Bonchev–Trinajstić information content (AvgIpc) is 2.52. The van der Waals surface area contributed by atoms with Gasteiger partial charge in [-0.25, -0.2) is 0 Å². The number of benzene rings is 2. The third-order valence-electron chi connectivity index (χ3n) is 3.79. The minimum atomic E-state index is 0.408. The molecule has 0 saturated carbocycles. The van der Waals surface area contributed by atoms with Crippen LogP contribution in [-0.2, 0) is 5.75 Å². The highest BCUT2D eigenvalue weighted by atomic mass is 32.2. The lowest BCUT2D eigenvalue weighted by Gasteiger charge is -2.26. The minimum absolute atomic E-state index is 0.408. The molecular weight excluding hydrogens is 274 g/mol. The number of thioether (sulfide) groups is 1. The van der Waals surface area contributed by atoms with Crippen molar-refractivity contribution in [3.8, 4) is 0 Å². The van der Waals surface area contributed by atoms with E-state index in [0.29, 0.717) is 11.3 Å². The SMILES string of the molecule is CCC(SCc1cccc(C)c1)C(NC)c1ccccc1. The predicted octanol–water partition coefficient (Wildman–Crippen LogP) is 4.97. The van der Waals surface area contributed by atoms with E-state index in [9.17, 15) is 0 Å². The second-order valence-corrected chi connectivity index (χ2v) is 6.65. The summed E-state index contributed by atoms with van der Waals surface area (Å²) in [6.45, 7) is 4.44. The molecule has 0 aliphatic carbocycles. The van der Waals surface area contributed by atoms with Crippen LogP contribution in [0.3, 0.4) is 0 Å². The molecule has 0 saturated heterocycles. The van der Waals surface area contributed by atoms with Crippen LogP contribution >= 0.6 is 11.8 Å². The minimum Gasteiger partial charge on any atom is -0.312 e. The molecule has 0 bridgehead atoms. The molecule has 1 nitrogen and oxygen atoms in total. The van der Waals surface area contributed by atoms with Crippen molar-refractivity contribution in [1.82, 2.24) is 5.32 Å². The lowest BCUT2D eigenvalue weighted by molar-refractivity contribution is 0.555. The Bertz CT molecular complexity index is 538. The maximum absolute atomic E-state index is 3.50. The summed E-state index contributed by atoms with van der Waals surface area (Å²) < 4.78 is 0. The van der Waals surface area contributed by atoms with Gasteiger partial charge in [-0.15, -0.1) is 0 Å². The van der Waals surface area contributed by atoms with Crippen molar-refractivity contribution in [3.05, 3.63) is 71.3 Å². The Labute approximate surface area is 133 Å². The lowest BCUT2D eigenvalue weighted by Crippen LogP contribution is -2.27. The van der Waals surface area contributed by atoms with E-state index in [1.165, 1.54) is 16.7 Å². The fourth-order valence-electron chi connectivity index (χ4n) is 2.68. The molecule has 2 atom stereocenters. The van der Waals surface area contributed by atoms with Crippen LogP contribution in [0.25, 0.3) is 0 Å². The zero-order chi connectivity index (χ0) is 15.1. The number of nitrogens with one attached hydrogen (secondary N) is 1. The first-order valence-electron chi connectivity index (χ1n) is 7.64. The molecule has 0 amide bonds. The lowest BCUT2D eigenvalue weighted by atomic mass is 10.0. The molecular formula is C19H25NS. The summed E-state index contributed by atoms with van der Waals surface area (Å²) in [5, 5.41) is 4.08. The average molecular weight is 299 g/mol. The molecule has 1 N–H and O–H groups in total. The van der Waals surface area contributed by atoms with Crippen molar-refractivity contribution < 1.29 is 0 Å². The topological polar surface area (TPSA) is 12.0 Å². The van der Waals surface area contributed by atoms with Gasteiger partial charge in [0.1, 0.15) is 0 Å². The van der Waals surface area contributed by atoms with Crippen molar-refractivity contribution in [1.29, 1.82) is 0 Å². The van der Waals surface area contributed by atoms with Gasteiger partial charge in [-0.05, 0) is 31.5 Å². The van der Waals surface area contributed by atoms with Crippen LogP contribution in [0.15, 0.2) is 54.6 Å². The first-order chi connectivity index (χ1) is 10.2. The molecule has 0 aromatic heterocycles. The fraction of sp³-hybridized carbons (Fsp3) is 0.368. The predicted molar refractivity (Wildman–Crippen MR) is 94.8 cm³/mol. The zero-order valence-corrected chi connectivity index (χ0v) is 14.0. The monoisotopic (exact) mass is 299 g/mol. The standard InChI is InChI=1S/C19H25NS/c1-4-18(19(20-3)17-11-6-5-7-12-17)21-14-16-10-8-9-15(2)13-16/h5-13,18-20H,4,14H2,1-3H3. The second kappa shape index (κ2) is 8.26. The quantitative estimate of drug-likeness (QED) is 0.775. The van der Waals surface area contributed by atoms with Crippen molar-refractivity contribution in [2.75, 3.05) is 7.05 Å². The van der Waals surface area contributed by atoms with E-state index < -0.39 is 0 Å². The number of aryl methyl sites for hydroxylation is 1. The van der Waals surface area contributed by atoms with Gasteiger partial charge in [0.15, 0.2) is 0 Å². The van der Waals surface area contributed by atoms with E-state index in [1.54, 1.807) is 0 Å². The molecule has 2 heteroatoms. The molecule has 2 unspecified atom stereocenters. The summed E-state index contributed by atoms with van der Waals surface area (Å²) in [5.41, 5.74) is 4.14. The molecule has 0 aliphatic rings. The molecule has 0 spiro atoms. The van der Waals surface area contributed by atoms with Crippen molar-refractivity contribution in [3.63, 3.8) is 0 Å². The highest BCUT2D eigenvalue weighted by Gasteiger charge is 2.20. The number of hydrogen-bond donors (Lipinski definition) is 1. The molecule has 2 aromatic rings. The van der Waals surface area contributed by atoms with Gasteiger partial charge in [-0.3, -0.25) is 0 Å². The van der Waals surface area contributed by atoms with Crippen LogP contribution in [0.4, 0.5) is 0 Å². The van der Waals surface area contributed by atoms with Crippen LogP contribution in [0, 0.1) is 6.92 Å². The molecule has 0 radical (unpaired) electrons. The van der Waals surface area contributed by atoms with Gasteiger partial charge in [0.25, 0.3) is 0 Å². The van der Waals surface area contributed by atoms with Gasteiger partial charge in [-0.1, -0.05) is 67.1 Å². The maximum Gasteiger partial charge on any atom is 0.0438 e. The maximum atomic E-state index is 3.50. The van der Waals surface area contributed by atoms with Crippen LogP contribution in [0.5, 0.6) is 0 Å². The first-order valence-corrected chi connectivity index (χ1v) is 8.68. The smallest absolute Gasteiger partial charge is 0.0438 e. The molecule has 0 fully saturated rings. The van der Waals surface area contributed by atoms with E-state index >= 15 is 0 Å². The van der Waals surface area contributed by atoms with Crippen molar-refractivity contribution in [2.45, 2.75) is 37.3 Å². The molecule has 21 heavy (non-hydrogen) atoms. The Morgan fingerprint density at radius 2 is 1.81 bits per heavy atom. The van der Waals surface area contributed by atoms with Gasteiger partial charge in [0, 0.05) is 17.0 Å². The van der Waals surface area contributed by atoms with Gasteiger partial charge in [0.2, 0.25) is 0 Å². The largest absolute Gasteiger partial charge is 0.312 e. The van der Waals surface area contributed by atoms with Gasteiger partial charge < -0.3 is 5.32 Å². The highest BCUT2D eigenvalue weighted by Crippen LogP contribution is 2.31. The van der Waals surface area contributed by atoms with E-state index in [-0.39, 0.29) is 0 Å². The summed E-state index contributed by atoms with van der Waals surface area (Å²) >= 11 is 2.05. The summed E-state index contributed by atoms with van der Waals surface area (Å²) in [6, 6.07) is 20.0. The van der Waals surface area contributed by atoms with Crippen LogP contribution in [0.1, 0.15) is 36.1 Å². The third-order valence-corrected chi connectivity index (χ3v) is 5.32. The molecule has 2 rings (SSSR count). The van der Waals surface area contributed by atoms with Crippen molar-refractivity contribution >= 4 is 11.8 Å². The van der Waals surface area contributed by atoms with E-state index in [4.69, 9.17) is 0 Å². The van der Waals surface area contributed by atoms with Gasteiger partial charge in [-0.2, -0.15) is 11.8 Å². The molecule has 0 heterocycles. The fourth-order valence-corrected chi connectivity index (χ4v) is 3.99. The number of hydrogen-bond acceptors (Lipinski definition) is 2. The summed E-state index contributed by atoms with van der Waals surface area (Å²) in [6.07, 6.45) is 1.16. The first kappa shape index (κ1) is 16.1. The molecule has 0 aliphatic heterocycles. The summed E-state index contributed by atoms with van der Waals surface area (Å²) in [5.74, 6) is 1.07. The van der Waals surface area contributed by atoms with Crippen LogP contribution in [-0.4, -0.2) is 12.3 Å². The Hall–Kier alpha value is -1.25. The Kier molecular flexibility index (Phi) is 6.34. The number of rotatable bonds is 7. The molecule has 2 aromatic carbocycles. The summed E-state index contributed by atoms with van der Waals surface area (Å²) in [4.78, 5) is 0. The third kappa shape index (κ3) is 4.62. The Balaban J connectivity index is 2.04. The van der Waals surface area contributed by atoms with Gasteiger partial charge >= 0.3 is 0 Å². The van der Waals surface area contributed by atoms with E-state index in [2.05, 4.69) is 80.8 Å². The van der Waals surface area contributed by atoms with Gasteiger partial charge in [0.05, 0.1) is 0 Å². The van der Waals surface area contributed by atoms with E-state index in [0.717, 1.165) is 12.2 Å². The Morgan fingerprint density at radius 1 is 1.05 bits per heavy atom.